The van der Waals surface area contributed by atoms with Gasteiger partial charge in [-0.2, -0.15) is 8.78 Å². The van der Waals surface area contributed by atoms with E-state index in [9.17, 15) is 43.0 Å². The highest BCUT2D eigenvalue weighted by atomic mass is 19.3. The third-order valence-electron chi connectivity index (χ3n) is 15.9. The summed E-state index contributed by atoms with van der Waals surface area (Å²) in [6.45, 7) is 8.96. The van der Waals surface area contributed by atoms with Crippen molar-refractivity contribution in [2.75, 3.05) is 54.3 Å². The number of amides is 1. The Kier molecular flexibility index (Phi) is 23.5. The highest BCUT2D eigenvalue weighted by Crippen LogP contribution is 2.46. The van der Waals surface area contributed by atoms with E-state index in [0.717, 1.165) is 5.57 Å². The summed E-state index contributed by atoms with van der Waals surface area (Å²) in [6.07, 6.45) is 8.45. The van der Waals surface area contributed by atoms with Gasteiger partial charge in [-0.1, -0.05) is 64.2 Å². The Balaban J connectivity index is 1.51. The molecule has 0 aromatic carbocycles. The van der Waals surface area contributed by atoms with Gasteiger partial charge in [0.05, 0.1) is 50.8 Å². The molecule has 0 spiro atoms. The molecule has 0 aromatic heterocycles. The van der Waals surface area contributed by atoms with Gasteiger partial charge in [0.15, 0.2) is 5.78 Å². The third-order valence-corrected chi connectivity index (χ3v) is 15.9. The Labute approximate surface area is 430 Å². The van der Waals surface area contributed by atoms with Gasteiger partial charge in [0.2, 0.25) is 5.79 Å². The summed E-state index contributed by atoms with van der Waals surface area (Å²) >= 11 is 0. The number of alkyl halides is 2. The zero-order chi connectivity index (χ0) is 53.6. The fraction of sp³-hybridized carbons (Fsp3) is 0.764. The number of carbonyl (C=O) groups excluding carboxylic acids is 5. The van der Waals surface area contributed by atoms with E-state index in [-0.39, 0.29) is 62.4 Å². The molecule has 4 heterocycles. The van der Waals surface area contributed by atoms with E-state index in [1.54, 1.807) is 40.9 Å². The largest absolute Gasteiger partial charge is 0.460 e. The molecule has 5 rings (SSSR count). The van der Waals surface area contributed by atoms with Crippen LogP contribution in [0.4, 0.5) is 8.78 Å². The molecule has 3 saturated heterocycles. The van der Waals surface area contributed by atoms with Crippen molar-refractivity contribution in [3.05, 3.63) is 47.6 Å². The molecular formula is C55H83F2NO15. The number of aliphatic hydroxyl groups is 2. The van der Waals surface area contributed by atoms with Crippen LogP contribution in [-0.2, 0) is 61.9 Å². The maximum atomic E-state index is 14.6. The number of aliphatic hydroxyl groups excluding tert-OH is 1. The molecule has 4 bridgehead atoms. The molecule has 0 aromatic rings. The lowest BCUT2D eigenvalue weighted by atomic mass is 9.68. The lowest BCUT2D eigenvalue weighted by Gasteiger charge is -2.50. The molecule has 1 saturated carbocycles. The number of rotatable bonds is 13. The molecule has 4 aliphatic heterocycles. The van der Waals surface area contributed by atoms with Crippen LogP contribution in [-0.4, -0.2) is 160 Å². The Morgan fingerprint density at radius 2 is 1.59 bits per heavy atom. The van der Waals surface area contributed by atoms with Crippen molar-refractivity contribution < 1.29 is 80.9 Å². The molecule has 16 atom stereocenters. The first kappa shape index (κ1) is 60.3. The maximum absolute atomic E-state index is 14.6. The van der Waals surface area contributed by atoms with E-state index >= 15 is 0 Å². The molecule has 412 valence electrons. The molecular weight excluding hydrogens is 953 g/mol. The van der Waals surface area contributed by atoms with Crippen LogP contribution in [0.5, 0.6) is 0 Å². The lowest BCUT2D eigenvalue weighted by Crippen LogP contribution is -2.65. The Hall–Kier alpha value is -3.59. The first-order valence-electron chi connectivity index (χ1n) is 26.3. The van der Waals surface area contributed by atoms with Gasteiger partial charge in [-0.25, -0.2) is 4.79 Å². The summed E-state index contributed by atoms with van der Waals surface area (Å²) in [6, 6.07) is -1.23. The summed E-state index contributed by atoms with van der Waals surface area (Å²) in [5, 5.41) is 23.7. The first-order valence-corrected chi connectivity index (χ1v) is 26.3. The first-order chi connectivity index (χ1) is 34.7. The molecule has 5 aliphatic rings. The van der Waals surface area contributed by atoms with E-state index in [4.69, 9.17) is 37.9 Å². The number of methoxy groups -OCH3 is 3. The smallest absolute Gasteiger partial charge is 0.345 e. The van der Waals surface area contributed by atoms with Crippen LogP contribution in [0.1, 0.15) is 112 Å². The summed E-state index contributed by atoms with van der Waals surface area (Å²) in [4.78, 5) is 72.8. The van der Waals surface area contributed by atoms with Crippen LogP contribution < -0.4 is 0 Å². The van der Waals surface area contributed by atoms with Crippen LogP contribution in [0.25, 0.3) is 0 Å². The predicted molar refractivity (Wildman–Crippen MR) is 265 cm³/mol. The molecule has 1 amide bonds. The van der Waals surface area contributed by atoms with Crippen molar-refractivity contribution in [3.63, 3.8) is 0 Å². The second kappa shape index (κ2) is 28.5. The quantitative estimate of drug-likeness (QED) is 0.0855. The van der Waals surface area contributed by atoms with Crippen LogP contribution in [0.2, 0.25) is 0 Å². The molecule has 18 heteroatoms. The van der Waals surface area contributed by atoms with E-state index in [0.29, 0.717) is 70.2 Å². The van der Waals surface area contributed by atoms with Crippen molar-refractivity contribution >= 4 is 29.2 Å². The van der Waals surface area contributed by atoms with Crippen molar-refractivity contribution in [1.82, 2.24) is 4.90 Å². The Morgan fingerprint density at radius 3 is 2.29 bits per heavy atom. The SMILES string of the molecule is COCCOCCO[C@H]1C[C@@H]2CC[C@@H](C)[C@@](O)(O2)C(=O)C(=O)N2CCC[C@@H]3C(C[C@@H]4CC[C@@H](OC(F)F)[C@H](OC)C4)[C@H](CC(=O)[C@H](C)/C=C(\C)[C@@H](O)[C@@H](OC)C(=O)[C@H](C)C[C@H](C)/C=C/C=C/C=C1C)OC(=O)C32. The normalized spacial score (nSPS) is 38.7. The molecule has 1 aliphatic carbocycles. The van der Waals surface area contributed by atoms with Gasteiger partial charge in [-0.15, -0.1) is 0 Å². The van der Waals surface area contributed by atoms with Crippen LogP contribution in [0.3, 0.4) is 0 Å². The summed E-state index contributed by atoms with van der Waals surface area (Å²) < 4.78 is 72.4. The van der Waals surface area contributed by atoms with Crippen molar-refractivity contribution in [2.24, 2.45) is 41.4 Å². The third kappa shape index (κ3) is 16.0. The average molecular weight is 1040 g/mol. The molecule has 0 radical (unpaired) electrons. The molecule has 73 heavy (non-hydrogen) atoms. The fourth-order valence-corrected chi connectivity index (χ4v) is 11.6. The van der Waals surface area contributed by atoms with Crippen LogP contribution >= 0.6 is 0 Å². The van der Waals surface area contributed by atoms with Gasteiger partial charge < -0.3 is 53.0 Å². The zero-order valence-electron chi connectivity index (χ0n) is 44.4. The van der Waals surface area contributed by atoms with Gasteiger partial charge in [0, 0.05) is 64.4 Å². The number of ketones is 3. The summed E-state index contributed by atoms with van der Waals surface area (Å²) in [5.41, 5.74) is 1.17. The molecule has 2 N–H and O–H groups in total. The number of esters is 1. The number of allylic oxidation sites excluding steroid dienone is 6. The number of fused-ring (bicyclic) bond motifs is 4. The minimum atomic E-state index is -2.98. The monoisotopic (exact) mass is 1040 g/mol. The number of carbonyl (C=O) groups is 5. The van der Waals surface area contributed by atoms with Gasteiger partial charge >= 0.3 is 12.6 Å². The van der Waals surface area contributed by atoms with Crippen LogP contribution in [0.15, 0.2) is 47.6 Å². The molecule has 4 fully saturated rings. The number of piperidine rings is 1. The predicted octanol–water partition coefficient (Wildman–Crippen LogP) is 6.68. The van der Waals surface area contributed by atoms with Crippen molar-refractivity contribution in [2.45, 2.75) is 173 Å². The summed E-state index contributed by atoms with van der Waals surface area (Å²) in [5.74, 6) is -9.50. The van der Waals surface area contributed by atoms with Gasteiger partial charge in [-0.05, 0) is 101 Å². The molecule has 2 unspecified atom stereocenters. The van der Waals surface area contributed by atoms with Gasteiger partial charge in [0.1, 0.15) is 30.1 Å². The fourth-order valence-electron chi connectivity index (χ4n) is 11.6. The lowest BCUT2D eigenvalue weighted by molar-refractivity contribution is -0.266. The maximum Gasteiger partial charge on any atom is 0.345 e. The van der Waals surface area contributed by atoms with E-state index in [1.807, 2.05) is 44.2 Å². The molecule has 16 nitrogen and oxygen atoms in total. The van der Waals surface area contributed by atoms with Gasteiger partial charge in [-0.3, -0.25) is 19.2 Å². The van der Waals surface area contributed by atoms with Crippen molar-refractivity contribution in [3.8, 4) is 0 Å². The van der Waals surface area contributed by atoms with E-state index < -0.39 is 108 Å². The number of Topliss-reactive ketones (excluding diaryl/α,β-unsaturated/α-hetero) is 3. The minimum Gasteiger partial charge on any atom is -0.460 e. The standard InChI is InChI=1S/C55H83F2NO15/c1-32-14-11-10-12-15-33(2)44(70-25-24-69-23-22-66-7)30-39-19-17-37(6)55(65,73-39)51(62)52(63)58-21-13-16-40-41(28-38-18-20-43(72-54(56)57)46(29-38)67-8)45(71-53(64)47(40)58)31-42(59)34(3)27-36(5)49(61)50(68-9)48(60)35(4)26-32/h10-12,14-15,27,32,34-35,37-41,43-47,49-50,54,61,65H,13,16-26,28-31H2,1-9H3/b12-10+,14-11+,33-15?,36-27+/t32-,34-,35-,37-,38+,39+,40-,41?,43-,44+,45+,46-,47?,49-,50+,55-/m1/s1. The highest BCUT2D eigenvalue weighted by molar-refractivity contribution is 6.39. The van der Waals surface area contributed by atoms with E-state index in [1.165, 1.54) is 19.1 Å². The zero-order valence-corrected chi connectivity index (χ0v) is 44.4. The van der Waals surface area contributed by atoms with E-state index in [2.05, 4.69) is 0 Å². The minimum absolute atomic E-state index is 0.0219. The van der Waals surface area contributed by atoms with Crippen molar-refractivity contribution in [1.29, 1.82) is 0 Å². The number of ether oxygens (including phenoxy) is 8. The Bertz CT molecular complexity index is 1980. The van der Waals surface area contributed by atoms with Gasteiger partial charge in [0.25, 0.3) is 11.7 Å². The Morgan fingerprint density at radius 1 is 0.849 bits per heavy atom. The number of halogens is 2. The second-order valence-electron chi connectivity index (χ2n) is 21.1. The average Bonchev–Trinajstić information content (AvgIpc) is 3.35. The van der Waals surface area contributed by atoms with Crippen LogP contribution in [0, 0.1) is 41.4 Å². The topological polar surface area (TPSA) is 203 Å². The highest BCUT2D eigenvalue weighted by Gasteiger charge is 2.57. The number of nitrogens with zero attached hydrogens (tertiary/aromatic N) is 1. The number of hydrogen-bond donors (Lipinski definition) is 2. The second-order valence-corrected chi connectivity index (χ2v) is 21.1. The number of hydrogen-bond acceptors (Lipinski definition) is 15. The summed E-state index contributed by atoms with van der Waals surface area (Å²) in [7, 11) is 4.38.